The van der Waals surface area contributed by atoms with Crippen LogP contribution in [0.1, 0.15) is 63.0 Å². The molecule has 0 bridgehead atoms. The number of nitrogens with zero attached hydrogens (tertiary/aromatic N) is 2. The quantitative estimate of drug-likeness (QED) is 0.834. The van der Waals surface area contributed by atoms with Crippen LogP contribution in [-0.2, 0) is 0 Å². The van der Waals surface area contributed by atoms with Gasteiger partial charge in [0, 0.05) is 24.5 Å². The van der Waals surface area contributed by atoms with Crippen molar-refractivity contribution in [3.8, 4) is 0 Å². The minimum Gasteiger partial charge on any atom is -0.356 e. The van der Waals surface area contributed by atoms with Gasteiger partial charge in [-0.3, -0.25) is 4.79 Å². The van der Waals surface area contributed by atoms with Gasteiger partial charge in [0.1, 0.15) is 5.82 Å². The van der Waals surface area contributed by atoms with Crippen molar-refractivity contribution in [1.29, 1.82) is 0 Å². The highest BCUT2D eigenvalue weighted by Crippen LogP contribution is 2.32. The van der Waals surface area contributed by atoms with Crippen LogP contribution in [0.15, 0.2) is 35.6 Å². The molecule has 0 unspecified atom stereocenters. The minimum absolute atomic E-state index is 0.0747. The number of nitrogens with one attached hydrogen (secondary N) is 1. The first kappa shape index (κ1) is 19.7. The summed E-state index contributed by atoms with van der Waals surface area (Å²) in [5, 5.41) is 3.10. The van der Waals surface area contributed by atoms with Crippen molar-refractivity contribution in [2.45, 2.75) is 53.9 Å². The van der Waals surface area contributed by atoms with Gasteiger partial charge in [0.2, 0.25) is 0 Å². The first-order valence-electron chi connectivity index (χ1n) is 10.0. The summed E-state index contributed by atoms with van der Waals surface area (Å²) in [6, 6.07) is 3.83. The molecule has 1 N–H and O–H groups in total. The third-order valence-corrected chi connectivity index (χ3v) is 5.45. The largest absolute Gasteiger partial charge is 0.356 e. The van der Waals surface area contributed by atoms with Crippen LogP contribution in [0.4, 0.5) is 5.82 Å². The van der Waals surface area contributed by atoms with Crippen molar-refractivity contribution < 1.29 is 4.79 Å². The van der Waals surface area contributed by atoms with Crippen LogP contribution in [-0.4, -0.2) is 24.0 Å². The second kappa shape index (κ2) is 7.87. The summed E-state index contributed by atoms with van der Waals surface area (Å²) >= 11 is 0. The Hall–Kier alpha value is -2.10. The lowest BCUT2D eigenvalue weighted by Gasteiger charge is -2.32. The maximum absolute atomic E-state index is 13.1. The van der Waals surface area contributed by atoms with Crippen molar-refractivity contribution in [3.63, 3.8) is 0 Å². The predicted molar refractivity (Wildman–Crippen MR) is 112 cm³/mol. The van der Waals surface area contributed by atoms with Gasteiger partial charge in [-0.15, -0.1) is 0 Å². The fourth-order valence-corrected chi connectivity index (χ4v) is 3.59. The Labute approximate surface area is 163 Å². The highest BCUT2D eigenvalue weighted by molar-refractivity contribution is 6.00. The number of hydrogen-bond donors (Lipinski definition) is 1. The molecule has 0 atom stereocenters. The van der Waals surface area contributed by atoms with Gasteiger partial charge in [-0.2, -0.15) is 0 Å². The lowest BCUT2D eigenvalue weighted by Crippen LogP contribution is -2.36. The summed E-state index contributed by atoms with van der Waals surface area (Å²) in [5.74, 6) is 1.49. The number of amides is 1. The molecule has 0 aromatic carbocycles. The van der Waals surface area contributed by atoms with Crippen LogP contribution in [0, 0.1) is 24.7 Å². The number of anilines is 1. The molecule has 27 heavy (non-hydrogen) atoms. The van der Waals surface area contributed by atoms with Crippen molar-refractivity contribution >= 4 is 11.7 Å². The lowest BCUT2D eigenvalue weighted by molar-refractivity contribution is 0.0967. The van der Waals surface area contributed by atoms with E-state index in [9.17, 15) is 4.79 Å². The van der Waals surface area contributed by atoms with Gasteiger partial charge in [0.05, 0.1) is 5.56 Å². The Morgan fingerprint density at radius 2 is 1.93 bits per heavy atom. The molecule has 4 heteroatoms. The highest BCUT2D eigenvalue weighted by atomic mass is 16.1. The van der Waals surface area contributed by atoms with E-state index in [0.29, 0.717) is 5.56 Å². The zero-order chi connectivity index (χ0) is 19.6. The van der Waals surface area contributed by atoms with Crippen LogP contribution >= 0.6 is 0 Å². The van der Waals surface area contributed by atoms with E-state index >= 15 is 0 Å². The lowest BCUT2D eigenvalue weighted by atomic mass is 9.81. The molecule has 3 rings (SSSR count). The van der Waals surface area contributed by atoms with Crippen LogP contribution in [0.2, 0.25) is 0 Å². The second-order valence-corrected chi connectivity index (χ2v) is 8.90. The van der Waals surface area contributed by atoms with E-state index in [0.717, 1.165) is 55.5 Å². The van der Waals surface area contributed by atoms with E-state index in [1.54, 1.807) is 0 Å². The van der Waals surface area contributed by atoms with Crippen molar-refractivity contribution in [2.75, 3.05) is 18.0 Å². The molecule has 1 aliphatic carbocycles. The van der Waals surface area contributed by atoms with E-state index in [-0.39, 0.29) is 11.3 Å². The number of carbonyl (C=O) groups is 1. The summed E-state index contributed by atoms with van der Waals surface area (Å²) in [5.41, 5.74) is 3.82. The number of aryl methyl sites for hydroxylation is 1. The standard InChI is InChI=1S/C23H32N3O/c1-16-11-13-26(14-12-16)21-20(10-9-17(2)24-21)22(27)25-19-8-6-7-18(15-19)23(3,4)5/h7-10,15-16H,6,11-14H2,1-5H3,(H,25,27). The van der Waals surface area contributed by atoms with Gasteiger partial charge < -0.3 is 10.2 Å². The molecule has 1 saturated heterocycles. The van der Waals surface area contributed by atoms with E-state index in [4.69, 9.17) is 4.98 Å². The van der Waals surface area contributed by atoms with Gasteiger partial charge in [0.25, 0.3) is 5.91 Å². The zero-order valence-corrected chi connectivity index (χ0v) is 17.3. The molecule has 145 valence electrons. The Morgan fingerprint density at radius 1 is 1.22 bits per heavy atom. The zero-order valence-electron chi connectivity index (χ0n) is 17.3. The average molecular weight is 367 g/mol. The molecule has 4 nitrogen and oxygen atoms in total. The van der Waals surface area contributed by atoms with E-state index in [2.05, 4.69) is 56.5 Å². The molecular formula is C23H32N3O. The fraction of sp³-hybridized carbons (Fsp3) is 0.522. The summed E-state index contributed by atoms with van der Waals surface area (Å²) in [4.78, 5) is 20.0. The number of carbonyl (C=O) groups excluding carboxylic acids is 1. The Morgan fingerprint density at radius 3 is 2.59 bits per heavy atom. The highest BCUT2D eigenvalue weighted by Gasteiger charge is 2.24. The van der Waals surface area contributed by atoms with Crippen LogP contribution in [0.3, 0.4) is 0 Å². The SMILES string of the molecule is Cc1ccc(C(=O)NC2=CC[CH]C(C(C)(C)C)=C2)c(N2CCC(C)CC2)n1. The van der Waals surface area contributed by atoms with Gasteiger partial charge in [-0.1, -0.05) is 39.3 Å². The van der Waals surface area contributed by atoms with Crippen LogP contribution in [0.25, 0.3) is 0 Å². The van der Waals surface area contributed by atoms with Crippen molar-refractivity contribution in [2.24, 2.45) is 11.3 Å². The molecule has 1 aliphatic heterocycles. The van der Waals surface area contributed by atoms with Crippen LogP contribution < -0.4 is 10.2 Å². The Balaban J connectivity index is 1.81. The van der Waals surface area contributed by atoms with Gasteiger partial charge in [-0.25, -0.2) is 4.98 Å². The number of pyridine rings is 1. The number of allylic oxidation sites excluding steroid dienone is 3. The van der Waals surface area contributed by atoms with E-state index < -0.39 is 0 Å². The molecular weight excluding hydrogens is 334 g/mol. The van der Waals surface area contributed by atoms with E-state index in [1.807, 2.05) is 19.1 Å². The van der Waals surface area contributed by atoms with E-state index in [1.165, 1.54) is 5.57 Å². The molecule has 2 heterocycles. The Bertz CT molecular complexity index is 762. The minimum atomic E-state index is -0.0752. The fourth-order valence-electron chi connectivity index (χ4n) is 3.59. The van der Waals surface area contributed by atoms with Crippen molar-refractivity contribution in [1.82, 2.24) is 10.3 Å². The van der Waals surface area contributed by atoms with Gasteiger partial charge >= 0.3 is 0 Å². The molecule has 1 fully saturated rings. The molecule has 2 aliphatic rings. The molecule has 1 aromatic heterocycles. The van der Waals surface area contributed by atoms with Crippen LogP contribution in [0.5, 0.6) is 0 Å². The number of rotatable bonds is 3. The topological polar surface area (TPSA) is 45.2 Å². The molecule has 0 spiro atoms. The monoisotopic (exact) mass is 366 g/mol. The Kier molecular flexibility index (Phi) is 5.73. The summed E-state index contributed by atoms with van der Waals surface area (Å²) in [6.07, 6.45) is 9.53. The molecule has 1 amide bonds. The third kappa shape index (κ3) is 4.79. The van der Waals surface area contributed by atoms with Gasteiger partial charge in [-0.05, 0) is 62.1 Å². The number of hydrogen-bond acceptors (Lipinski definition) is 3. The maximum atomic E-state index is 13.1. The first-order valence-corrected chi connectivity index (χ1v) is 10.0. The summed E-state index contributed by atoms with van der Waals surface area (Å²) in [7, 11) is 0. The normalized spacial score (nSPS) is 18.8. The smallest absolute Gasteiger partial charge is 0.259 e. The number of aromatic nitrogens is 1. The summed E-state index contributed by atoms with van der Waals surface area (Å²) in [6.45, 7) is 12.8. The molecule has 1 radical (unpaired) electrons. The number of piperidine rings is 1. The third-order valence-electron chi connectivity index (χ3n) is 5.45. The van der Waals surface area contributed by atoms with Gasteiger partial charge in [0.15, 0.2) is 0 Å². The molecule has 1 aromatic rings. The summed E-state index contributed by atoms with van der Waals surface area (Å²) < 4.78 is 0. The van der Waals surface area contributed by atoms with Crippen molar-refractivity contribution in [3.05, 3.63) is 53.2 Å². The maximum Gasteiger partial charge on any atom is 0.259 e. The first-order chi connectivity index (χ1) is 12.7. The average Bonchev–Trinajstić information content (AvgIpc) is 2.61. The predicted octanol–water partition coefficient (Wildman–Crippen LogP) is 4.82. The second-order valence-electron chi connectivity index (χ2n) is 8.90. The molecule has 0 saturated carbocycles.